The van der Waals surface area contributed by atoms with Crippen molar-refractivity contribution >= 4 is 15.7 Å². The van der Waals surface area contributed by atoms with Crippen LogP contribution in [0.15, 0.2) is 23.4 Å². The van der Waals surface area contributed by atoms with Crippen molar-refractivity contribution in [3.8, 4) is 0 Å². The predicted molar refractivity (Wildman–Crippen MR) is 78.7 cm³/mol. The molecule has 112 valence electrons. The highest BCUT2D eigenvalue weighted by Crippen LogP contribution is 2.22. The molecule has 1 aliphatic rings. The fourth-order valence-corrected chi connectivity index (χ4v) is 3.74. The first-order valence-electron chi connectivity index (χ1n) is 6.76. The standard InChI is InChI=1S/C13H22N4O2S/c1-16-8-5-11(6-9-16)10-17(2)20(18,19)13-12(14)4-3-7-15-13/h3-4,7,11H,5-6,8-10,14H2,1-2H3. The van der Waals surface area contributed by atoms with Crippen molar-refractivity contribution in [2.45, 2.75) is 17.9 Å². The number of nitrogens with zero attached hydrogens (tertiary/aromatic N) is 3. The highest BCUT2D eigenvalue weighted by Gasteiger charge is 2.28. The van der Waals surface area contributed by atoms with E-state index in [2.05, 4.69) is 16.9 Å². The Balaban J connectivity index is 2.08. The van der Waals surface area contributed by atoms with Gasteiger partial charge in [0.05, 0.1) is 5.69 Å². The highest BCUT2D eigenvalue weighted by molar-refractivity contribution is 7.89. The van der Waals surface area contributed by atoms with Gasteiger partial charge in [-0.1, -0.05) is 0 Å². The average Bonchev–Trinajstić information content (AvgIpc) is 2.41. The molecule has 1 aromatic heterocycles. The van der Waals surface area contributed by atoms with E-state index in [4.69, 9.17) is 5.73 Å². The summed E-state index contributed by atoms with van der Waals surface area (Å²) in [4.78, 5) is 6.18. The summed E-state index contributed by atoms with van der Waals surface area (Å²) in [6.45, 7) is 2.56. The molecule has 2 N–H and O–H groups in total. The number of sulfonamides is 1. The summed E-state index contributed by atoms with van der Waals surface area (Å²) in [5.74, 6) is 0.399. The smallest absolute Gasteiger partial charge is 0.262 e. The molecule has 1 aromatic rings. The maximum atomic E-state index is 12.5. The van der Waals surface area contributed by atoms with Gasteiger partial charge in [0, 0.05) is 19.8 Å². The third-order valence-electron chi connectivity index (χ3n) is 3.81. The van der Waals surface area contributed by atoms with Crippen LogP contribution in [0.1, 0.15) is 12.8 Å². The number of anilines is 1. The van der Waals surface area contributed by atoms with Crippen molar-refractivity contribution < 1.29 is 8.42 Å². The minimum atomic E-state index is -3.60. The van der Waals surface area contributed by atoms with Crippen molar-refractivity contribution in [1.29, 1.82) is 0 Å². The molecule has 1 fully saturated rings. The topological polar surface area (TPSA) is 79.5 Å². The minimum absolute atomic E-state index is 0.0459. The van der Waals surface area contributed by atoms with Crippen LogP contribution in [0.2, 0.25) is 0 Å². The summed E-state index contributed by atoms with van der Waals surface area (Å²) in [5.41, 5.74) is 5.92. The number of nitrogens with two attached hydrogens (primary N) is 1. The van der Waals surface area contributed by atoms with Gasteiger partial charge < -0.3 is 10.6 Å². The lowest BCUT2D eigenvalue weighted by Crippen LogP contribution is -2.38. The summed E-state index contributed by atoms with van der Waals surface area (Å²) in [7, 11) is 0.0886. The van der Waals surface area contributed by atoms with Crippen LogP contribution in [0, 0.1) is 5.92 Å². The first-order chi connectivity index (χ1) is 9.41. The van der Waals surface area contributed by atoms with E-state index >= 15 is 0 Å². The van der Waals surface area contributed by atoms with E-state index in [9.17, 15) is 8.42 Å². The fourth-order valence-electron chi connectivity index (χ4n) is 2.47. The first kappa shape index (κ1) is 15.2. The molecule has 2 rings (SSSR count). The number of likely N-dealkylation sites (tertiary alicyclic amines) is 1. The first-order valence-corrected chi connectivity index (χ1v) is 8.20. The zero-order chi connectivity index (χ0) is 14.8. The van der Waals surface area contributed by atoms with Crippen LogP contribution in [-0.4, -0.2) is 56.3 Å². The predicted octanol–water partition coefficient (Wildman–Crippen LogP) is 0.626. The molecule has 0 amide bonds. The van der Waals surface area contributed by atoms with Crippen LogP contribution in [0.4, 0.5) is 5.69 Å². The van der Waals surface area contributed by atoms with Crippen molar-refractivity contribution in [1.82, 2.24) is 14.2 Å². The molecule has 1 aliphatic heterocycles. The van der Waals surface area contributed by atoms with Gasteiger partial charge in [-0.15, -0.1) is 0 Å². The van der Waals surface area contributed by atoms with Crippen LogP contribution in [0.3, 0.4) is 0 Å². The summed E-state index contributed by atoms with van der Waals surface area (Å²) >= 11 is 0. The van der Waals surface area contributed by atoms with Gasteiger partial charge in [-0.05, 0) is 51.0 Å². The molecular formula is C13H22N4O2S. The molecule has 0 bridgehead atoms. The Bertz CT molecular complexity index is 553. The zero-order valence-corrected chi connectivity index (χ0v) is 12.8. The Kier molecular flexibility index (Phi) is 4.62. The second-order valence-electron chi connectivity index (χ2n) is 5.43. The number of aromatic nitrogens is 1. The summed E-state index contributed by atoms with van der Waals surface area (Å²) in [6, 6.07) is 3.19. The van der Waals surface area contributed by atoms with Gasteiger partial charge in [-0.2, -0.15) is 4.31 Å². The maximum Gasteiger partial charge on any atom is 0.262 e. The Morgan fingerprint density at radius 1 is 1.45 bits per heavy atom. The van der Waals surface area contributed by atoms with E-state index < -0.39 is 10.0 Å². The van der Waals surface area contributed by atoms with Gasteiger partial charge in [0.25, 0.3) is 10.0 Å². The Hall–Kier alpha value is -1.18. The quantitative estimate of drug-likeness (QED) is 0.882. The van der Waals surface area contributed by atoms with Gasteiger partial charge in [0.2, 0.25) is 0 Å². The molecule has 20 heavy (non-hydrogen) atoms. The summed E-state index contributed by atoms with van der Waals surface area (Å²) in [6.07, 6.45) is 3.49. The number of piperidine rings is 1. The van der Waals surface area contributed by atoms with Gasteiger partial charge in [0.1, 0.15) is 0 Å². The number of hydrogen-bond acceptors (Lipinski definition) is 5. The molecule has 7 heteroatoms. The molecule has 0 unspecified atom stereocenters. The monoisotopic (exact) mass is 298 g/mol. The molecule has 0 radical (unpaired) electrons. The molecule has 0 spiro atoms. The number of rotatable bonds is 4. The molecule has 0 aliphatic carbocycles. The number of hydrogen-bond donors (Lipinski definition) is 1. The lowest BCUT2D eigenvalue weighted by molar-refractivity contribution is 0.202. The molecule has 6 nitrogen and oxygen atoms in total. The van der Waals surface area contributed by atoms with E-state index in [0.717, 1.165) is 25.9 Å². The van der Waals surface area contributed by atoms with Crippen LogP contribution >= 0.6 is 0 Å². The molecule has 0 aromatic carbocycles. The third kappa shape index (κ3) is 3.28. The SMILES string of the molecule is CN1CCC(CN(C)S(=O)(=O)c2ncccc2N)CC1. The number of pyridine rings is 1. The Labute approximate surface area is 120 Å². The zero-order valence-electron chi connectivity index (χ0n) is 12.0. The average molecular weight is 298 g/mol. The molecule has 1 saturated heterocycles. The largest absolute Gasteiger partial charge is 0.396 e. The van der Waals surface area contributed by atoms with E-state index in [1.54, 1.807) is 19.2 Å². The van der Waals surface area contributed by atoms with Crippen LogP contribution in [0.5, 0.6) is 0 Å². The molecule has 0 atom stereocenters. The van der Waals surface area contributed by atoms with Crippen LogP contribution in [-0.2, 0) is 10.0 Å². The third-order valence-corrected chi connectivity index (χ3v) is 5.61. The minimum Gasteiger partial charge on any atom is -0.396 e. The molecule has 0 saturated carbocycles. The fraction of sp³-hybridized carbons (Fsp3) is 0.615. The van der Waals surface area contributed by atoms with E-state index in [1.807, 2.05) is 0 Å². The van der Waals surface area contributed by atoms with Crippen molar-refractivity contribution in [2.75, 3.05) is 39.5 Å². The van der Waals surface area contributed by atoms with Crippen molar-refractivity contribution in [3.05, 3.63) is 18.3 Å². The molecule has 2 heterocycles. The van der Waals surface area contributed by atoms with Gasteiger partial charge >= 0.3 is 0 Å². The normalized spacial score (nSPS) is 18.6. The second kappa shape index (κ2) is 6.07. The number of nitrogen functional groups attached to an aromatic ring is 1. The lowest BCUT2D eigenvalue weighted by Gasteiger charge is -2.31. The second-order valence-corrected chi connectivity index (χ2v) is 7.39. The Morgan fingerprint density at radius 2 is 2.10 bits per heavy atom. The Morgan fingerprint density at radius 3 is 2.70 bits per heavy atom. The van der Waals surface area contributed by atoms with Gasteiger partial charge in [-0.25, -0.2) is 13.4 Å². The van der Waals surface area contributed by atoms with E-state index in [-0.39, 0.29) is 10.7 Å². The molecular weight excluding hydrogens is 276 g/mol. The lowest BCUT2D eigenvalue weighted by atomic mass is 9.97. The van der Waals surface area contributed by atoms with Gasteiger partial charge in [0.15, 0.2) is 5.03 Å². The van der Waals surface area contributed by atoms with Gasteiger partial charge in [-0.3, -0.25) is 0 Å². The summed E-state index contributed by atoms with van der Waals surface area (Å²) < 4.78 is 26.3. The van der Waals surface area contributed by atoms with Crippen LogP contribution in [0.25, 0.3) is 0 Å². The highest BCUT2D eigenvalue weighted by atomic mass is 32.2. The van der Waals surface area contributed by atoms with Crippen molar-refractivity contribution in [2.24, 2.45) is 5.92 Å². The summed E-state index contributed by atoms with van der Waals surface area (Å²) in [5, 5.41) is -0.0459. The van der Waals surface area contributed by atoms with E-state index in [0.29, 0.717) is 12.5 Å². The van der Waals surface area contributed by atoms with E-state index in [1.165, 1.54) is 10.5 Å². The van der Waals surface area contributed by atoms with Crippen LogP contribution < -0.4 is 5.73 Å². The van der Waals surface area contributed by atoms with Crippen molar-refractivity contribution in [3.63, 3.8) is 0 Å². The maximum absolute atomic E-state index is 12.5.